The average Bonchev–Trinajstić information content (AvgIpc) is 3.04. The van der Waals surface area contributed by atoms with Gasteiger partial charge >= 0.3 is 0 Å². The van der Waals surface area contributed by atoms with Gasteiger partial charge in [-0.05, 0) is 36.4 Å². The summed E-state index contributed by atoms with van der Waals surface area (Å²) in [4.78, 5) is 10.1. The first-order valence-electron chi connectivity index (χ1n) is 7.12. The minimum Gasteiger partial charge on any atom is -0.455 e. The summed E-state index contributed by atoms with van der Waals surface area (Å²) >= 11 is 0. The number of rotatable bonds is 5. The maximum absolute atomic E-state index is 13.7. The molecule has 0 spiro atoms. The molecule has 0 radical (unpaired) electrons. The van der Waals surface area contributed by atoms with Gasteiger partial charge in [0.25, 0.3) is 5.69 Å². The molecule has 2 aromatic carbocycles. The SMILES string of the molecule is O=[N+]([O-])c1ccc(N/N=C\c2ccc(-c3ccc(F)cc3F)o2)cc1. The molecule has 0 aliphatic heterocycles. The standard InChI is InChI=1S/C17H11F2N3O3/c18-11-1-7-15(16(19)9-11)17-8-6-14(25-17)10-20-21-12-2-4-13(5-3-12)22(23)24/h1-10,21H/b20-10-. The van der Waals surface area contributed by atoms with E-state index in [1.165, 1.54) is 36.5 Å². The van der Waals surface area contributed by atoms with Gasteiger partial charge in [-0.2, -0.15) is 5.10 Å². The van der Waals surface area contributed by atoms with Crippen molar-refractivity contribution >= 4 is 17.6 Å². The van der Waals surface area contributed by atoms with Crippen LogP contribution in [0.2, 0.25) is 0 Å². The molecule has 0 bridgehead atoms. The van der Waals surface area contributed by atoms with Crippen LogP contribution in [0, 0.1) is 21.7 Å². The Bertz CT molecular complexity index is 937. The fourth-order valence-electron chi connectivity index (χ4n) is 2.08. The summed E-state index contributed by atoms with van der Waals surface area (Å²) in [6, 6.07) is 12.1. The smallest absolute Gasteiger partial charge is 0.269 e. The van der Waals surface area contributed by atoms with E-state index in [0.29, 0.717) is 11.4 Å². The number of non-ortho nitro benzene ring substituents is 1. The molecule has 8 heteroatoms. The van der Waals surface area contributed by atoms with Crippen LogP contribution in [0.3, 0.4) is 0 Å². The van der Waals surface area contributed by atoms with Gasteiger partial charge in [0.2, 0.25) is 0 Å². The van der Waals surface area contributed by atoms with E-state index in [9.17, 15) is 18.9 Å². The van der Waals surface area contributed by atoms with Crippen molar-refractivity contribution in [3.05, 3.63) is 82.1 Å². The molecule has 126 valence electrons. The number of hydrogen-bond acceptors (Lipinski definition) is 5. The largest absolute Gasteiger partial charge is 0.455 e. The second kappa shape index (κ2) is 6.91. The van der Waals surface area contributed by atoms with Crippen LogP contribution in [0.1, 0.15) is 5.76 Å². The molecule has 1 N–H and O–H groups in total. The molecule has 0 aliphatic carbocycles. The van der Waals surface area contributed by atoms with Gasteiger partial charge in [0, 0.05) is 18.2 Å². The molecule has 25 heavy (non-hydrogen) atoms. The van der Waals surface area contributed by atoms with Gasteiger partial charge in [0.15, 0.2) is 0 Å². The van der Waals surface area contributed by atoms with Crippen molar-refractivity contribution in [2.45, 2.75) is 0 Å². The molecule has 0 saturated heterocycles. The third kappa shape index (κ3) is 3.86. The summed E-state index contributed by atoms with van der Waals surface area (Å²) in [5.74, 6) is -0.786. The van der Waals surface area contributed by atoms with E-state index in [-0.39, 0.29) is 17.0 Å². The number of nitro groups is 1. The summed E-state index contributed by atoms with van der Waals surface area (Å²) in [5, 5.41) is 14.5. The minimum atomic E-state index is -0.721. The molecule has 1 heterocycles. The second-order valence-corrected chi connectivity index (χ2v) is 5.00. The highest BCUT2D eigenvalue weighted by molar-refractivity contribution is 5.78. The highest BCUT2D eigenvalue weighted by atomic mass is 19.1. The van der Waals surface area contributed by atoms with Crippen molar-refractivity contribution < 1.29 is 18.1 Å². The van der Waals surface area contributed by atoms with E-state index in [1.807, 2.05) is 0 Å². The lowest BCUT2D eigenvalue weighted by atomic mass is 10.1. The quantitative estimate of drug-likeness (QED) is 0.418. The van der Waals surface area contributed by atoms with Crippen LogP contribution in [0.4, 0.5) is 20.2 Å². The van der Waals surface area contributed by atoms with Gasteiger partial charge in [-0.1, -0.05) is 0 Å². The average molecular weight is 343 g/mol. The Hall–Kier alpha value is -3.55. The number of halogens is 2. The highest BCUT2D eigenvalue weighted by Gasteiger charge is 2.10. The van der Waals surface area contributed by atoms with Crippen LogP contribution in [0.5, 0.6) is 0 Å². The number of furan rings is 1. The maximum atomic E-state index is 13.7. The lowest BCUT2D eigenvalue weighted by Gasteiger charge is -1.99. The summed E-state index contributed by atoms with van der Waals surface area (Å²) in [6.45, 7) is 0. The second-order valence-electron chi connectivity index (χ2n) is 5.00. The van der Waals surface area contributed by atoms with Crippen LogP contribution < -0.4 is 5.43 Å². The highest BCUT2D eigenvalue weighted by Crippen LogP contribution is 2.25. The lowest BCUT2D eigenvalue weighted by molar-refractivity contribution is -0.384. The lowest BCUT2D eigenvalue weighted by Crippen LogP contribution is -1.91. The van der Waals surface area contributed by atoms with Gasteiger partial charge < -0.3 is 4.42 Å². The molecule has 0 unspecified atom stereocenters. The van der Waals surface area contributed by atoms with E-state index in [4.69, 9.17) is 4.42 Å². The minimum absolute atomic E-state index is 0.0217. The molecule has 0 fully saturated rings. The third-order valence-corrected chi connectivity index (χ3v) is 3.29. The van der Waals surface area contributed by atoms with Gasteiger partial charge in [-0.3, -0.25) is 15.5 Å². The number of nitrogens with zero attached hydrogens (tertiary/aromatic N) is 2. The molecule has 0 aliphatic rings. The maximum Gasteiger partial charge on any atom is 0.269 e. The zero-order valence-electron chi connectivity index (χ0n) is 12.6. The fourth-order valence-corrected chi connectivity index (χ4v) is 2.08. The van der Waals surface area contributed by atoms with Crippen molar-refractivity contribution in [1.82, 2.24) is 0 Å². The van der Waals surface area contributed by atoms with Crippen LogP contribution in [-0.2, 0) is 0 Å². The first kappa shape index (κ1) is 16.3. The van der Waals surface area contributed by atoms with Crippen molar-refractivity contribution in [2.24, 2.45) is 5.10 Å². The Kier molecular flexibility index (Phi) is 4.51. The van der Waals surface area contributed by atoms with Crippen molar-refractivity contribution in [2.75, 3.05) is 5.43 Å². The molecule has 0 atom stereocenters. The number of hydrazone groups is 1. The number of benzene rings is 2. The predicted octanol–water partition coefficient (Wildman–Crippen LogP) is 4.58. The molecule has 6 nitrogen and oxygen atoms in total. The molecular weight excluding hydrogens is 332 g/mol. The predicted molar refractivity (Wildman–Crippen MR) is 88.4 cm³/mol. The Morgan fingerprint density at radius 3 is 2.52 bits per heavy atom. The van der Waals surface area contributed by atoms with Gasteiger partial charge in [-0.15, -0.1) is 0 Å². The zero-order chi connectivity index (χ0) is 17.8. The number of nitro benzene ring substituents is 1. The van der Waals surface area contributed by atoms with Crippen LogP contribution in [0.25, 0.3) is 11.3 Å². The van der Waals surface area contributed by atoms with Crippen LogP contribution >= 0.6 is 0 Å². The van der Waals surface area contributed by atoms with Crippen molar-refractivity contribution in [3.8, 4) is 11.3 Å². The van der Waals surface area contributed by atoms with E-state index in [1.54, 1.807) is 12.1 Å². The van der Waals surface area contributed by atoms with E-state index in [2.05, 4.69) is 10.5 Å². The van der Waals surface area contributed by atoms with Crippen molar-refractivity contribution in [3.63, 3.8) is 0 Å². The van der Waals surface area contributed by atoms with Crippen molar-refractivity contribution in [1.29, 1.82) is 0 Å². The molecule has 0 amide bonds. The monoisotopic (exact) mass is 343 g/mol. The first-order chi connectivity index (χ1) is 12.0. The Morgan fingerprint density at radius 1 is 1.08 bits per heavy atom. The first-order valence-corrected chi connectivity index (χ1v) is 7.12. The normalized spacial score (nSPS) is 11.0. The number of nitrogens with one attached hydrogen (secondary N) is 1. The summed E-state index contributed by atoms with van der Waals surface area (Å²) in [5.41, 5.74) is 3.37. The molecule has 1 aromatic heterocycles. The summed E-state index contributed by atoms with van der Waals surface area (Å²) in [7, 11) is 0. The molecule has 3 aromatic rings. The topological polar surface area (TPSA) is 80.7 Å². The van der Waals surface area contributed by atoms with Gasteiger partial charge in [-0.25, -0.2) is 8.78 Å². The Morgan fingerprint density at radius 2 is 1.84 bits per heavy atom. The number of hydrogen-bond donors (Lipinski definition) is 1. The van der Waals surface area contributed by atoms with Crippen LogP contribution in [0.15, 0.2) is 64.1 Å². The van der Waals surface area contributed by atoms with E-state index >= 15 is 0 Å². The van der Waals surface area contributed by atoms with E-state index < -0.39 is 16.6 Å². The van der Waals surface area contributed by atoms with Crippen LogP contribution in [-0.4, -0.2) is 11.1 Å². The molecule has 0 saturated carbocycles. The fraction of sp³-hybridized carbons (Fsp3) is 0. The summed E-state index contributed by atoms with van der Waals surface area (Å²) < 4.78 is 32.1. The van der Waals surface area contributed by atoms with E-state index in [0.717, 1.165) is 12.1 Å². The zero-order valence-corrected chi connectivity index (χ0v) is 12.6. The Balaban J connectivity index is 1.68. The summed E-state index contributed by atoms with van der Waals surface area (Å²) in [6.07, 6.45) is 1.37. The Labute approximate surface area is 140 Å². The third-order valence-electron chi connectivity index (χ3n) is 3.29. The van der Waals surface area contributed by atoms with Gasteiger partial charge in [0.1, 0.15) is 23.2 Å². The molecular formula is C17H11F2N3O3. The molecule has 3 rings (SSSR count). The number of anilines is 1. The van der Waals surface area contributed by atoms with Gasteiger partial charge in [0.05, 0.1) is 22.4 Å².